The van der Waals surface area contributed by atoms with E-state index in [0.29, 0.717) is 38.0 Å². The van der Waals surface area contributed by atoms with Gasteiger partial charge in [-0.2, -0.15) is 0 Å². The van der Waals surface area contributed by atoms with Crippen LogP contribution in [0, 0.1) is 5.82 Å². The Morgan fingerprint density at radius 3 is 2.41 bits per heavy atom. The third-order valence-corrected chi connectivity index (χ3v) is 5.26. The molecule has 0 radical (unpaired) electrons. The molecule has 1 aliphatic heterocycles. The van der Waals surface area contributed by atoms with Crippen molar-refractivity contribution in [1.29, 1.82) is 0 Å². The average molecular weight is 402 g/mol. The van der Waals surface area contributed by atoms with E-state index in [9.17, 15) is 24.5 Å². The predicted molar refractivity (Wildman–Crippen MR) is 107 cm³/mol. The Hall–Kier alpha value is -2.64. The van der Waals surface area contributed by atoms with Crippen LogP contribution in [0.3, 0.4) is 0 Å². The average Bonchev–Trinajstić information content (AvgIpc) is 3.25. The highest BCUT2D eigenvalue weighted by atomic mass is 19.1. The van der Waals surface area contributed by atoms with Crippen LogP contribution in [-0.4, -0.2) is 51.8 Å². The number of nitrogens with one attached hydrogen (secondary N) is 1. The van der Waals surface area contributed by atoms with Crippen molar-refractivity contribution in [3.05, 3.63) is 59.4 Å². The number of benzene rings is 2. The van der Waals surface area contributed by atoms with E-state index < -0.39 is 12.1 Å². The monoisotopic (exact) mass is 402 g/mol. The zero-order chi connectivity index (χ0) is 20.8. The predicted octanol–water partition coefficient (Wildman–Crippen LogP) is 2.48. The molecule has 1 heterocycles. The van der Waals surface area contributed by atoms with Crippen LogP contribution in [-0.2, 0) is 11.2 Å². The summed E-state index contributed by atoms with van der Waals surface area (Å²) in [5.41, 5.74) is 1.35. The van der Waals surface area contributed by atoms with E-state index in [4.69, 9.17) is 0 Å². The molecule has 1 saturated heterocycles. The molecule has 0 bridgehead atoms. The summed E-state index contributed by atoms with van der Waals surface area (Å²) in [5, 5.41) is 33.2. The van der Waals surface area contributed by atoms with Gasteiger partial charge in [0.1, 0.15) is 18.0 Å². The van der Waals surface area contributed by atoms with Gasteiger partial charge in [-0.25, -0.2) is 4.39 Å². The number of likely N-dealkylation sites (tertiary alicyclic amines) is 1. The molecule has 0 unspecified atom stereocenters. The zero-order valence-electron chi connectivity index (χ0n) is 16.2. The molecule has 7 heteroatoms. The van der Waals surface area contributed by atoms with E-state index >= 15 is 0 Å². The van der Waals surface area contributed by atoms with Crippen molar-refractivity contribution in [1.82, 2.24) is 10.2 Å². The van der Waals surface area contributed by atoms with Gasteiger partial charge in [0.25, 0.3) is 0 Å². The quantitative estimate of drug-likeness (QED) is 0.402. The molecule has 2 atom stereocenters. The Kier molecular flexibility index (Phi) is 7.06. The van der Waals surface area contributed by atoms with E-state index in [1.807, 2.05) is 0 Å². The summed E-state index contributed by atoms with van der Waals surface area (Å²) in [6.45, 7) is 1.82. The minimum absolute atomic E-state index is 0.177. The molecule has 2 aromatic carbocycles. The van der Waals surface area contributed by atoms with Crippen molar-refractivity contribution in [3.63, 3.8) is 0 Å². The fraction of sp³-hybridized carbons (Fsp3) is 0.409. The number of rotatable bonds is 8. The number of aryl methyl sites for hydroxylation is 1. The number of aromatic hydroxyl groups is 2. The first kappa shape index (κ1) is 21.1. The molecule has 29 heavy (non-hydrogen) atoms. The molecule has 6 nitrogen and oxygen atoms in total. The number of amides is 1. The molecule has 0 aromatic heterocycles. The first-order valence-corrected chi connectivity index (χ1v) is 9.92. The number of aliphatic hydroxyl groups excluding tert-OH is 1. The lowest BCUT2D eigenvalue weighted by atomic mass is 10.00. The van der Waals surface area contributed by atoms with Gasteiger partial charge >= 0.3 is 0 Å². The van der Waals surface area contributed by atoms with E-state index in [1.165, 1.54) is 30.3 Å². The lowest BCUT2D eigenvalue weighted by Gasteiger charge is -2.28. The zero-order valence-corrected chi connectivity index (χ0v) is 16.2. The molecule has 0 spiro atoms. The number of hydrogen-bond donors (Lipinski definition) is 4. The van der Waals surface area contributed by atoms with Gasteiger partial charge in [0.05, 0.1) is 0 Å². The maximum atomic E-state index is 13.0. The molecule has 0 saturated carbocycles. The molecule has 1 fully saturated rings. The number of nitrogens with zero attached hydrogens (tertiary/aromatic N) is 1. The SMILES string of the molecule is O=C([C@@H](NCCCc1ccc(F)cc1)[C@H](O)c1ccc(O)c(O)c1)N1CCCC1. The molecule has 1 aliphatic rings. The largest absolute Gasteiger partial charge is 0.504 e. The van der Waals surface area contributed by atoms with Gasteiger partial charge in [0.15, 0.2) is 11.5 Å². The van der Waals surface area contributed by atoms with Crippen LogP contribution in [0.1, 0.15) is 36.5 Å². The van der Waals surface area contributed by atoms with Crippen LogP contribution in [0.2, 0.25) is 0 Å². The number of phenols is 2. The van der Waals surface area contributed by atoms with Gasteiger partial charge in [-0.15, -0.1) is 0 Å². The minimum Gasteiger partial charge on any atom is -0.504 e. The lowest BCUT2D eigenvalue weighted by Crippen LogP contribution is -2.49. The smallest absolute Gasteiger partial charge is 0.242 e. The van der Waals surface area contributed by atoms with Gasteiger partial charge in [-0.3, -0.25) is 4.79 Å². The van der Waals surface area contributed by atoms with Crippen molar-refractivity contribution < 1.29 is 24.5 Å². The molecule has 156 valence electrons. The maximum absolute atomic E-state index is 13.0. The van der Waals surface area contributed by atoms with Gasteiger partial charge < -0.3 is 25.5 Å². The summed E-state index contributed by atoms with van der Waals surface area (Å²) >= 11 is 0. The third-order valence-electron chi connectivity index (χ3n) is 5.26. The standard InChI is InChI=1S/C22H27FN2O4/c23-17-8-5-15(6-9-17)4-3-11-24-20(22(29)25-12-1-2-13-25)21(28)16-7-10-18(26)19(27)14-16/h5-10,14,20-21,24,26-28H,1-4,11-13H2/t20-,21+/m0/s1. The number of hydrogen-bond acceptors (Lipinski definition) is 5. The molecular weight excluding hydrogens is 375 g/mol. The van der Waals surface area contributed by atoms with Gasteiger partial charge in [0.2, 0.25) is 5.91 Å². The highest BCUT2D eigenvalue weighted by Crippen LogP contribution is 2.29. The minimum atomic E-state index is -1.17. The Bertz CT molecular complexity index is 822. The molecule has 3 rings (SSSR count). The highest BCUT2D eigenvalue weighted by Gasteiger charge is 2.32. The Morgan fingerprint density at radius 1 is 1.07 bits per heavy atom. The second-order valence-electron chi connectivity index (χ2n) is 7.39. The number of carbonyl (C=O) groups is 1. The summed E-state index contributed by atoms with van der Waals surface area (Å²) in [4.78, 5) is 14.7. The van der Waals surface area contributed by atoms with Gasteiger partial charge in [-0.05, 0) is 67.6 Å². The topological polar surface area (TPSA) is 93.0 Å². The van der Waals surface area contributed by atoms with Crippen LogP contribution >= 0.6 is 0 Å². The normalized spacial score (nSPS) is 16.0. The second-order valence-corrected chi connectivity index (χ2v) is 7.39. The van der Waals surface area contributed by atoms with Crippen molar-refractivity contribution in [3.8, 4) is 11.5 Å². The Labute approximate surface area is 169 Å². The number of halogens is 1. The summed E-state index contributed by atoms with van der Waals surface area (Å²) in [6, 6.07) is 9.50. The lowest BCUT2D eigenvalue weighted by molar-refractivity contribution is -0.135. The molecule has 4 N–H and O–H groups in total. The number of phenolic OH excluding ortho intramolecular Hbond substituents is 2. The van der Waals surface area contributed by atoms with Crippen LogP contribution in [0.25, 0.3) is 0 Å². The van der Waals surface area contributed by atoms with E-state index in [-0.39, 0.29) is 23.2 Å². The van der Waals surface area contributed by atoms with Crippen LogP contribution < -0.4 is 5.32 Å². The van der Waals surface area contributed by atoms with E-state index in [0.717, 1.165) is 18.4 Å². The first-order chi connectivity index (χ1) is 14.0. The second kappa shape index (κ2) is 9.71. The Morgan fingerprint density at radius 2 is 1.76 bits per heavy atom. The highest BCUT2D eigenvalue weighted by molar-refractivity contribution is 5.83. The number of carbonyl (C=O) groups excluding carboxylic acids is 1. The summed E-state index contributed by atoms with van der Waals surface area (Å²) in [6.07, 6.45) is 2.15. The fourth-order valence-corrected chi connectivity index (χ4v) is 3.59. The first-order valence-electron chi connectivity index (χ1n) is 9.92. The molecule has 1 amide bonds. The van der Waals surface area contributed by atoms with Crippen LogP contribution in [0.15, 0.2) is 42.5 Å². The van der Waals surface area contributed by atoms with Crippen LogP contribution in [0.5, 0.6) is 11.5 Å². The van der Waals surface area contributed by atoms with Gasteiger partial charge in [0, 0.05) is 13.1 Å². The van der Waals surface area contributed by atoms with Crippen molar-refractivity contribution in [2.75, 3.05) is 19.6 Å². The molecule has 0 aliphatic carbocycles. The fourth-order valence-electron chi connectivity index (χ4n) is 3.59. The van der Waals surface area contributed by atoms with E-state index in [1.54, 1.807) is 17.0 Å². The van der Waals surface area contributed by atoms with Crippen LogP contribution in [0.4, 0.5) is 4.39 Å². The summed E-state index contributed by atoms with van der Waals surface area (Å²) in [7, 11) is 0. The summed E-state index contributed by atoms with van der Waals surface area (Å²) < 4.78 is 13.0. The number of aliphatic hydroxyl groups is 1. The summed E-state index contributed by atoms with van der Waals surface area (Å²) in [5.74, 6) is -1.08. The molecular formula is C22H27FN2O4. The van der Waals surface area contributed by atoms with Crippen molar-refractivity contribution in [2.24, 2.45) is 0 Å². The van der Waals surface area contributed by atoms with Gasteiger partial charge in [-0.1, -0.05) is 18.2 Å². The van der Waals surface area contributed by atoms with Crippen molar-refractivity contribution >= 4 is 5.91 Å². The maximum Gasteiger partial charge on any atom is 0.242 e. The molecule has 2 aromatic rings. The third kappa shape index (κ3) is 5.46. The Balaban J connectivity index is 1.65. The van der Waals surface area contributed by atoms with E-state index in [2.05, 4.69) is 5.32 Å². The van der Waals surface area contributed by atoms with Crippen molar-refractivity contribution in [2.45, 2.75) is 37.8 Å².